The Bertz CT molecular complexity index is 3070. The zero-order valence-electron chi connectivity index (χ0n) is 61.2. The van der Waals surface area contributed by atoms with Gasteiger partial charge in [0.25, 0.3) is 0 Å². The first kappa shape index (κ1) is 121. The number of nitrogens with two attached hydrogens (primary N) is 3. The van der Waals surface area contributed by atoms with Gasteiger partial charge in [0, 0.05) is 51.0 Å². The molecule has 5 heterocycles. The van der Waals surface area contributed by atoms with Crippen molar-refractivity contribution in [3.8, 4) is 34.5 Å². The van der Waals surface area contributed by atoms with Crippen LogP contribution in [0.4, 0.5) is 0 Å². The summed E-state index contributed by atoms with van der Waals surface area (Å²) in [5.74, 6) is 5.46. The Morgan fingerprint density at radius 3 is 0.833 bits per heavy atom. The molecule has 5 aliphatic rings. The maximum Gasteiger partial charge on any atom is 0.126 e. The van der Waals surface area contributed by atoms with Crippen molar-refractivity contribution in [2.24, 2.45) is 17.2 Å². The number of rotatable bonds is 46. The van der Waals surface area contributed by atoms with E-state index in [0.29, 0.717) is 105 Å². The van der Waals surface area contributed by atoms with Gasteiger partial charge in [-0.2, -0.15) is 0 Å². The Labute approximate surface area is 696 Å². The minimum absolute atomic E-state index is 0. The van der Waals surface area contributed by atoms with Crippen LogP contribution < -0.4 is 50.9 Å². The summed E-state index contributed by atoms with van der Waals surface area (Å²) in [5, 5.41) is 3.17. The fourth-order valence-electron chi connectivity index (χ4n) is 10.1. The predicted molar refractivity (Wildman–Crippen MR) is 480 cm³/mol. The number of hydrogen-bond acceptors (Lipinski definition) is 21. The molecule has 11 rings (SSSR count). The van der Waals surface area contributed by atoms with Gasteiger partial charge in [-0.3, -0.25) is 0 Å². The van der Waals surface area contributed by atoms with E-state index in [-0.39, 0.29) is 151 Å². The molecule has 5 fully saturated rings. The number of hydrogen-bond donors (Lipinski definition) is 4. The molecular weight excluding hydrogens is 1450 g/mol. The molecule has 0 radical (unpaired) electrons. The third-order valence-corrected chi connectivity index (χ3v) is 15.9. The van der Waals surface area contributed by atoms with Gasteiger partial charge in [-0.25, -0.2) is 0 Å². The van der Waals surface area contributed by atoms with Gasteiger partial charge in [-0.1, -0.05) is 206 Å². The highest BCUT2D eigenvalue weighted by atomic mass is 16.6. The summed E-state index contributed by atoms with van der Waals surface area (Å²) in [4.78, 5) is 0. The second kappa shape index (κ2) is 70.7. The second-order valence-electron chi connectivity index (χ2n) is 25.4. The van der Waals surface area contributed by atoms with E-state index in [9.17, 15) is 0 Å². The SMILES string of the molecule is C.C.C.C.C.C.C.C.C.C.C.C.C.CCOCCOCC(C)OCC(C)N.CCOCCOCC(C)OCC(C)N.CN.CNCCCOc1ccccc1Cc1cccc(Cc2ccccc2OCC2CO2)c1OCC1CO1.c1ccc(OCC2CO2)c(Cc2cccc(Cc3ccccc3OCC3CO3)c2OCC2CO2)c1. The van der Waals surface area contributed by atoms with Gasteiger partial charge in [-0.05, 0) is 137 Å². The van der Waals surface area contributed by atoms with E-state index < -0.39 is 0 Å². The summed E-state index contributed by atoms with van der Waals surface area (Å²) in [6.45, 7) is 26.5. The molecule has 21 heteroatoms. The van der Waals surface area contributed by atoms with Crippen molar-refractivity contribution in [1.82, 2.24) is 5.32 Å². The highest BCUT2D eigenvalue weighted by Gasteiger charge is 2.29. The van der Waals surface area contributed by atoms with Gasteiger partial charge in [0.2, 0.25) is 0 Å². The maximum absolute atomic E-state index is 6.40. The van der Waals surface area contributed by atoms with Crippen molar-refractivity contribution in [1.29, 1.82) is 0 Å². The molecule has 0 aliphatic carbocycles. The average molecular weight is 1610 g/mol. The molecule has 6 aromatic rings. The van der Waals surface area contributed by atoms with E-state index in [4.69, 9.17) is 92.0 Å². The summed E-state index contributed by atoms with van der Waals surface area (Å²) in [6, 6.07) is 45.9. The monoisotopic (exact) mass is 1610 g/mol. The number of nitrogens with one attached hydrogen (secondary N) is 1. The van der Waals surface area contributed by atoms with Crippen molar-refractivity contribution < 1.29 is 80.5 Å². The number of benzene rings is 6. The zero-order valence-corrected chi connectivity index (χ0v) is 61.2. The van der Waals surface area contributed by atoms with Gasteiger partial charge in [-0.15, -0.1) is 0 Å². The van der Waals surface area contributed by atoms with E-state index in [1.54, 1.807) is 0 Å². The van der Waals surface area contributed by atoms with Crippen LogP contribution in [0, 0.1) is 0 Å². The molecule has 5 saturated heterocycles. The van der Waals surface area contributed by atoms with E-state index in [1.165, 1.54) is 7.05 Å². The Morgan fingerprint density at radius 2 is 0.579 bits per heavy atom. The van der Waals surface area contributed by atoms with Gasteiger partial charge < -0.3 is 103 Å². The fraction of sp³-hybridized carbons (Fsp3) is 0.613. The number of epoxide rings is 5. The van der Waals surface area contributed by atoms with Gasteiger partial charge in [0.1, 0.15) is 98.1 Å². The first-order valence-corrected chi connectivity index (χ1v) is 36.1. The Hall–Kier alpha value is -6.48. The summed E-state index contributed by atoms with van der Waals surface area (Å²) in [5.41, 5.74) is 24.7. The lowest BCUT2D eigenvalue weighted by Crippen LogP contribution is -2.27. The van der Waals surface area contributed by atoms with Crippen molar-refractivity contribution in [3.63, 3.8) is 0 Å². The van der Waals surface area contributed by atoms with Crippen molar-refractivity contribution in [2.45, 2.75) is 225 Å². The fourth-order valence-corrected chi connectivity index (χ4v) is 10.1. The molecule has 5 aliphatic heterocycles. The van der Waals surface area contributed by atoms with Crippen LogP contribution in [0.1, 0.15) is 189 Å². The van der Waals surface area contributed by atoms with E-state index in [1.807, 2.05) is 97.1 Å². The van der Waals surface area contributed by atoms with Crippen LogP contribution >= 0.6 is 0 Å². The molecule has 6 aromatic carbocycles. The highest BCUT2D eigenvalue weighted by molar-refractivity contribution is 5.51. The van der Waals surface area contributed by atoms with Crippen molar-refractivity contribution in [3.05, 3.63) is 178 Å². The molecule has 0 spiro atoms. The van der Waals surface area contributed by atoms with Crippen LogP contribution in [-0.4, -0.2) is 214 Å². The van der Waals surface area contributed by atoms with Crippen LogP contribution in [0.2, 0.25) is 0 Å². The molecule has 9 unspecified atom stereocenters. The molecule has 21 nitrogen and oxygen atoms in total. The Morgan fingerprint density at radius 1 is 0.333 bits per heavy atom. The van der Waals surface area contributed by atoms with E-state index >= 15 is 0 Å². The summed E-state index contributed by atoms with van der Waals surface area (Å²) in [6.07, 6.45) is 5.07. The Kier molecular flexibility index (Phi) is 74.9. The van der Waals surface area contributed by atoms with Gasteiger partial charge >= 0.3 is 0 Å². The lowest BCUT2D eigenvalue weighted by molar-refractivity contribution is -0.0247. The molecule has 0 aromatic heterocycles. The maximum atomic E-state index is 6.40. The first-order valence-electron chi connectivity index (χ1n) is 36.1. The second-order valence-corrected chi connectivity index (χ2v) is 25.4. The molecule has 0 bridgehead atoms. The third kappa shape index (κ3) is 50.2. The largest absolute Gasteiger partial charge is 0.493 e. The van der Waals surface area contributed by atoms with Crippen molar-refractivity contribution in [2.75, 3.05) is 159 Å². The summed E-state index contributed by atoms with van der Waals surface area (Å²) < 4.78 is 95.7. The van der Waals surface area contributed by atoms with Crippen LogP contribution in [0.15, 0.2) is 133 Å². The smallest absolute Gasteiger partial charge is 0.126 e. The van der Waals surface area contributed by atoms with E-state index in [2.05, 4.69) is 96.0 Å². The van der Waals surface area contributed by atoms with Gasteiger partial charge in [0.15, 0.2) is 0 Å². The van der Waals surface area contributed by atoms with Crippen LogP contribution in [0.25, 0.3) is 0 Å². The number of ether oxygens (including phenoxy) is 17. The minimum atomic E-state index is 0. The summed E-state index contributed by atoms with van der Waals surface area (Å²) in [7, 11) is 3.46. The first-order chi connectivity index (χ1) is 49.4. The average Bonchev–Trinajstić information content (AvgIpc) is 1.23. The molecule has 0 amide bonds. The molecule has 662 valence electrons. The molecular formula is C93H168N4O17. The molecule has 0 saturated carbocycles. The number of para-hydroxylation sites is 6. The lowest BCUT2D eigenvalue weighted by atomic mass is 9.96. The summed E-state index contributed by atoms with van der Waals surface area (Å²) >= 11 is 0. The van der Waals surface area contributed by atoms with Crippen LogP contribution in [-0.2, 0) is 77.8 Å². The normalized spacial score (nSPS) is 16.3. The molecule has 9 atom stereocenters. The zero-order chi connectivity index (χ0) is 71.7. The topological polar surface area (TPSA) is 263 Å². The highest BCUT2D eigenvalue weighted by Crippen LogP contribution is 2.36. The standard InChI is InChI=1S/C30H35NO5.C29H30O6.2C10H23NO3.CH5N.13CH4/c1-31-14-7-15-32-28-12-4-2-8-22(28)16-24-10-6-11-25(30(24)36-21-27-19-34-27)17-23-9-3-5-13-29(23)35-20-26-18-33-26;1-3-10-27(33-17-24-14-30-24)20(6-1)12-22-8-5-9-23(29(22)35-19-26-16-32-26)13-21-7-2-4-11-28(21)34-18-25-15-31-25;2*1-4-12-5-6-13-8-10(3)14-7-9(2)11;1-2;;;;;;;;;;;;;/h2-6,8-13,26-27,31H,7,14-21H2,1H3;1-11,24-26H,12-19H2;2*9-10H,4-8,11H2,1-3H3;2H2,1H3;13*1H4. The predicted octanol–water partition coefficient (Wildman–Crippen LogP) is 18.0. The van der Waals surface area contributed by atoms with Crippen molar-refractivity contribution >= 4 is 0 Å². The van der Waals surface area contributed by atoms with Crippen LogP contribution in [0.3, 0.4) is 0 Å². The minimum Gasteiger partial charge on any atom is -0.493 e. The Balaban J connectivity index is -0.000000276. The molecule has 7 N–H and O–H groups in total. The quantitative estimate of drug-likeness (QED) is 0.0204. The van der Waals surface area contributed by atoms with Gasteiger partial charge in [0.05, 0.1) is 105 Å². The molecule has 114 heavy (non-hydrogen) atoms. The van der Waals surface area contributed by atoms with Crippen LogP contribution in [0.5, 0.6) is 34.5 Å². The lowest BCUT2D eigenvalue weighted by Gasteiger charge is -2.18. The third-order valence-electron chi connectivity index (χ3n) is 15.9. The van der Waals surface area contributed by atoms with E-state index in [0.717, 1.165) is 151 Å².